The van der Waals surface area contributed by atoms with E-state index < -0.39 is 28.1 Å². The maximum atomic E-state index is 14.2. The molecule has 6 rings (SSSR count). The minimum absolute atomic E-state index is 0.0627. The number of aromatic nitrogens is 2. The molecule has 1 fully saturated rings. The Bertz CT molecular complexity index is 1620. The van der Waals surface area contributed by atoms with Crippen molar-refractivity contribution in [2.24, 2.45) is 0 Å². The van der Waals surface area contributed by atoms with E-state index in [1.165, 1.54) is 12.1 Å². The van der Waals surface area contributed by atoms with Crippen molar-refractivity contribution in [2.45, 2.75) is 50.1 Å². The summed E-state index contributed by atoms with van der Waals surface area (Å²) in [5.41, 5.74) is 1.20. The molecule has 3 aromatic rings. The zero-order valence-electron chi connectivity index (χ0n) is 22.8. The maximum Gasteiger partial charge on any atom is 0.244 e. The summed E-state index contributed by atoms with van der Waals surface area (Å²) in [6.07, 6.45) is 4.34. The summed E-state index contributed by atoms with van der Waals surface area (Å²) in [5.74, 6) is 5.18. The molecular weight excluding hydrogens is 512 g/mol. The van der Waals surface area contributed by atoms with Crippen LogP contribution in [0.3, 0.4) is 0 Å². The number of pyridine rings is 2. The van der Waals surface area contributed by atoms with Crippen LogP contribution in [-0.2, 0) is 33.4 Å². The molecule has 1 saturated heterocycles. The van der Waals surface area contributed by atoms with Crippen molar-refractivity contribution < 1.29 is 18.4 Å². The van der Waals surface area contributed by atoms with Gasteiger partial charge in [-0.25, -0.2) is 13.8 Å². The molecule has 0 unspecified atom stereocenters. The molecule has 204 valence electrons. The number of anilines is 1. The normalized spacial score (nSPS) is 24.9. The highest BCUT2D eigenvalue weighted by atomic mass is 19.1. The number of nitrogens with one attached hydrogen (secondary N) is 1. The van der Waals surface area contributed by atoms with Gasteiger partial charge < -0.3 is 10.2 Å². The SMILES string of the molecule is CN1C[C@@](C)(c2cc(F)cc(F)c2)N(CC#Cc2cnc3c(c2)C[C@@]2(C3)C(=O)Nc3ncccc32)C(=O)C1(C)C. The van der Waals surface area contributed by atoms with Crippen molar-refractivity contribution in [3.8, 4) is 11.8 Å². The highest BCUT2D eigenvalue weighted by Crippen LogP contribution is 2.46. The molecule has 1 aromatic carbocycles. The van der Waals surface area contributed by atoms with Crippen LogP contribution in [0, 0.1) is 23.5 Å². The Hall–Kier alpha value is -4.16. The highest BCUT2D eigenvalue weighted by Gasteiger charge is 2.52. The van der Waals surface area contributed by atoms with E-state index in [-0.39, 0.29) is 18.4 Å². The quantitative estimate of drug-likeness (QED) is 0.502. The van der Waals surface area contributed by atoms with E-state index in [0.29, 0.717) is 36.3 Å². The molecule has 2 aromatic heterocycles. The topological polar surface area (TPSA) is 78.4 Å². The van der Waals surface area contributed by atoms with E-state index in [9.17, 15) is 18.4 Å². The lowest BCUT2D eigenvalue weighted by Gasteiger charge is -2.54. The summed E-state index contributed by atoms with van der Waals surface area (Å²) in [6, 6.07) is 9.09. The number of carbonyl (C=O) groups excluding carboxylic acids is 2. The number of likely N-dealkylation sites (N-methyl/N-ethyl adjacent to an activating group) is 1. The Kier molecular flexibility index (Phi) is 5.82. The molecular formula is C31H29F2N5O2. The van der Waals surface area contributed by atoms with Crippen LogP contribution in [0.25, 0.3) is 0 Å². The van der Waals surface area contributed by atoms with E-state index in [1.54, 1.807) is 17.3 Å². The second-order valence-corrected chi connectivity index (χ2v) is 11.7. The van der Waals surface area contributed by atoms with Crippen molar-refractivity contribution in [3.05, 3.63) is 88.4 Å². The Morgan fingerprint density at radius 1 is 1.05 bits per heavy atom. The molecule has 7 nitrogen and oxygen atoms in total. The second kappa shape index (κ2) is 8.93. The van der Waals surface area contributed by atoms with Crippen molar-refractivity contribution in [2.75, 3.05) is 25.5 Å². The van der Waals surface area contributed by atoms with E-state index in [2.05, 4.69) is 27.1 Å². The molecule has 0 radical (unpaired) electrons. The number of hydrogen-bond acceptors (Lipinski definition) is 5. The second-order valence-electron chi connectivity index (χ2n) is 11.7. The number of nitrogens with zero attached hydrogens (tertiary/aromatic N) is 4. The fraction of sp³-hybridized carbons (Fsp3) is 0.355. The molecule has 4 heterocycles. The van der Waals surface area contributed by atoms with Crippen molar-refractivity contribution in [3.63, 3.8) is 0 Å². The molecule has 1 aliphatic carbocycles. The van der Waals surface area contributed by atoms with Gasteiger partial charge in [-0.2, -0.15) is 0 Å². The Balaban J connectivity index is 1.29. The zero-order valence-corrected chi connectivity index (χ0v) is 22.8. The molecule has 3 aliphatic rings. The van der Waals surface area contributed by atoms with Crippen LogP contribution in [-0.4, -0.2) is 57.3 Å². The third kappa shape index (κ3) is 3.89. The molecule has 2 atom stereocenters. The van der Waals surface area contributed by atoms with Gasteiger partial charge in [0.25, 0.3) is 0 Å². The average Bonchev–Trinajstić information content (AvgIpc) is 3.41. The maximum absolute atomic E-state index is 14.2. The Morgan fingerprint density at radius 2 is 1.80 bits per heavy atom. The fourth-order valence-corrected chi connectivity index (χ4v) is 6.23. The predicted molar refractivity (Wildman–Crippen MR) is 145 cm³/mol. The molecule has 40 heavy (non-hydrogen) atoms. The van der Waals surface area contributed by atoms with Crippen molar-refractivity contribution in [1.29, 1.82) is 0 Å². The third-order valence-corrected chi connectivity index (χ3v) is 8.83. The van der Waals surface area contributed by atoms with Crippen LogP contribution in [0.2, 0.25) is 0 Å². The van der Waals surface area contributed by atoms with Gasteiger partial charge in [0.05, 0.1) is 23.0 Å². The van der Waals surface area contributed by atoms with E-state index in [1.807, 2.05) is 50.9 Å². The molecule has 0 bridgehead atoms. The number of fused-ring (bicyclic) bond motifs is 3. The largest absolute Gasteiger partial charge is 0.319 e. The lowest BCUT2D eigenvalue weighted by atomic mass is 9.80. The van der Waals surface area contributed by atoms with E-state index >= 15 is 0 Å². The molecule has 2 amide bonds. The van der Waals surface area contributed by atoms with Gasteiger partial charge in [-0.3, -0.25) is 19.5 Å². The summed E-state index contributed by atoms with van der Waals surface area (Å²) in [7, 11) is 1.83. The molecule has 1 N–H and O–H groups in total. The average molecular weight is 542 g/mol. The highest BCUT2D eigenvalue weighted by molar-refractivity contribution is 6.06. The van der Waals surface area contributed by atoms with E-state index in [0.717, 1.165) is 22.9 Å². The smallest absolute Gasteiger partial charge is 0.244 e. The first kappa shape index (κ1) is 26.1. The minimum atomic E-state index is -1.00. The summed E-state index contributed by atoms with van der Waals surface area (Å²) >= 11 is 0. The molecule has 0 saturated carbocycles. The van der Waals surface area contributed by atoms with Crippen molar-refractivity contribution >= 4 is 17.6 Å². The number of rotatable bonds is 2. The van der Waals surface area contributed by atoms with E-state index in [4.69, 9.17) is 0 Å². The van der Waals surface area contributed by atoms with Crippen LogP contribution in [0.4, 0.5) is 14.6 Å². The van der Waals surface area contributed by atoms with Crippen LogP contribution < -0.4 is 5.32 Å². The van der Waals surface area contributed by atoms with Gasteiger partial charge in [0.2, 0.25) is 11.8 Å². The summed E-state index contributed by atoms with van der Waals surface area (Å²) < 4.78 is 28.4. The van der Waals surface area contributed by atoms with Crippen LogP contribution in [0.5, 0.6) is 0 Å². The van der Waals surface area contributed by atoms with Gasteiger partial charge in [-0.1, -0.05) is 17.9 Å². The van der Waals surface area contributed by atoms with Gasteiger partial charge in [-0.15, -0.1) is 0 Å². The first-order valence-electron chi connectivity index (χ1n) is 13.2. The van der Waals surface area contributed by atoms with Crippen molar-refractivity contribution in [1.82, 2.24) is 19.8 Å². The van der Waals surface area contributed by atoms with Crippen LogP contribution in [0.1, 0.15) is 48.7 Å². The number of halogens is 2. The van der Waals surface area contributed by atoms with Gasteiger partial charge >= 0.3 is 0 Å². The first-order valence-corrected chi connectivity index (χ1v) is 13.2. The summed E-state index contributed by atoms with van der Waals surface area (Å²) in [6.45, 7) is 5.90. The van der Waals surface area contributed by atoms with Crippen LogP contribution in [0.15, 0.2) is 48.8 Å². The van der Waals surface area contributed by atoms with Gasteiger partial charge in [-0.05, 0) is 69.6 Å². The standard InChI is InChI=1S/C31H29F2N5O2/c1-29(2)28(40)38(30(3,18-37(29)4)21-12-22(32)14-23(33)13-21)10-6-7-19-11-20-15-31(16-25(20)35-17-19)24-8-5-9-34-26(24)36-27(31)39/h5,8-9,11-14,17H,10,15-16,18H2,1-4H3,(H,34,36,39)/t30-,31-/m0/s1. The van der Waals surface area contributed by atoms with Gasteiger partial charge in [0, 0.05) is 48.2 Å². The van der Waals surface area contributed by atoms with Gasteiger partial charge in [0.15, 0.2) is 0 Å². The number of amides is 2. The lowest BCUT2D eigenvalue weighted by Crippen LogP contribution is -2.69. The fourth-order valence-electron chi connectivity index (χ4n) is 6.23. The molecule has 9 heteroatoms. The number of piperazine rings is 1. The number of benzene rings is 1. The Morgan fingerprint density at radius 3 is 2.55 bits per heavy atom. The monoisotopic (exact) mass is 541 g/mol. The minimum Gasteiger partial charge on any atom is -0.319 e. The number of carbonyl (C=O) groups is 2. The molecule has 2 aliphatic heterocycles. The molecule has 1 spiro atoms. The van der Waals surface area contributed by atoms with Crippen LogP contribution >= 0.6 is 0 Å². The van der Waals surface area contributed by atoms with Gasteiger partial charge in [0.1, 0.15) is 17.5 Å². The Labute approximate surface area is 231 Å². The predicted octanol–water partition coefficient (Wildman–Crippen LogP) is 3.56. The summed E-state index contributed by atoms with van der Waals surface area (Å²) in [4.78, 5) is 39.1. The third-order valence-electron chi connectivity index (χ3n) is 8.83. The zero-order chi connectivity index (χ0) is 28.4. The summed E-state index contributed by atoms with van der Waals surface area (Å²) in [5, 5.41) is 2.90. The lowest BCUT2D eigenvalue weighted by molar-refractivity contribution is -0.159. The number of hydrogen-bond donors (Lipinski definition) is 1. The first-order chi connectivity index (χ1) is 18.9.